The van der Waals surface area contributed by atoms with Crippen molar-refractivity contribution in [3.05, 3.63) is 39.8 Å². The van der Waals surface area contributed by atoms with E-state index in [4.69, 9.17) is 4.74 Å². The molecule has 8 nitrogen and oxygen atoms in total. The maximum atomic E-state index is 13.6. The monoisotopic (exact) mass is 465 g/mol. The molecule has 2 saturated heterocycles. The molecule has 1 aromatic carbocycles. The van der Waals surface area contributed by atoms with E-state index in [1.165, 1.54) is 19.3 Å². The van der Waals surface area contributed by atoms with Crippen LogP contribution in [0.3, 0.4) is 0 Å². The number of hydrogen-bond acceptors (Lipinski definition) is 5. The molecule has 34 heavy (non-hydrogen) atoms. The minimum absolute atomic E-state index is 0.0732. The van der Waals surface area contributed by atoms with E-state index in [1.807, 2.05) is 28.6 Å². The summed E-state index contributed by atoms with van der Waals surface area (Å²) in [6, 6.07) is 4.10. The van der Waals surface area contributed by atoms with Crippen molar-refractivity contribution in [3.63, 3.8) is 0 Å². The van der Waals surface area contributed by atoms with Crippen molar-refractivity contribution in [2.45, 2.75) is 52.0 Å². The quantitative estimate of drug-likeness (QED) is 0.564. The van der Waals surface area contributed by atoms with Gasteiger partial charge >= 0.3 is 0 Å². The van der Waals surface area contributed by atoms with Crippen LogP contribution in [0.15, 0.2) is 23.1 Å². The van der Waals surface area contributed by atoms with Crippen LogP contribution in [0, 0.1) is 6.92 Å². The molecule has 0 spiro atoms. The first-order chi connectivity index (χ1) is 16.6. The Morgan fingerprint density at radius 1 is 1.12 bits per heavy atom. The second-order valence-corrected chi connectivity index (χ2v) is 9.70. The van der Waals surface area contributed by atoms with Crippen molar-refractivity contribution < 1.29 is 9.53 Å². The average Bonchev–Trinajstić information content (AvgIpc) is 3.31. The predicted octanol–water partition coefficient (Wildman–Crippen LogP) is 3.49. The van der Waals surface area contributed by atoms with Gasteiger partial charge in [0.1, 0.15) is 0 Å². The molecule has 2 aliphatic rings. The fourth-order valence-electron chi connectivity index (χ4n) is 5.36. The Balaban J connectivity index is 1.46. The van der Waals surface area contributed by atoms with Crippen molar-refractivity contribution in [3.8, 4) is 0 Å². The van der Waals surface area contributed by atoms with Gasteiger partial charge < -0.3 is 14.6 Å². The summed E-state index contributed by atoms with van der Waals surface area (Å²) in [5, 5.41) is 6.05. The van der Waals surface area contributed by atoms with E-state index in [0.29, 0.717) is 24.2 Å². The third-order valence-corrected chi connectivity index (χ3v) is 7.41. The second-order valence-electron chi connectivity index (χ2n) is 9.70. The number of H-pyrrole nitrogens is 1. The number of aromatic amines is 1. The minimum Gasteiger partial charge on any atom is -0.381 e. The Morgan fingerprint density at radius 3 is 2.62 bits per heavy atom. The number of amides is 1. The maximum absolute atomic E-state index is 13.6. The number of aryl methyl sites for hydroxylation is 1. The van der Waals surface area contributed by atoms with Crippen molar-refractivity contribution in [1.29, 1.82) is 0 Å². The summed E-state index contributed by atoms with van der Waals surface area (Å²) in [6.07, 6.45) is 7.10. The van der Waals surface area contributed by atoms with Gasteiger partial charge in [0.15, 0.2) is 0 Å². The lowest BCUT2D eigenvalue weighted by molar-refractivity contribution is 0.0634. The third-order valence-electron chi connectivity index (χ3n) is 7.41. The number of rotatable bonds is 6. The van der Waals surface area contributed by atoms with E-state index in [1.54, 1.807) is 6.20 Å². The van der Waals surface area contributed by atoms with Crippen molar-refractivity contribution in [1.82, 2.24) is 24.6 Å². The van der Waals surface area contributed by atoms with E-state index in [-0.39, 0.29) is 17.5 Å². The average molecular weight is 466 g/mol. The number of pyridine rings is 1. The van der Waals surface area contributed by atoms with Crippen LogP contribution >= 0.6 is 0 Å². The van der Waals surface area contributed by atoms with Crippen LogP contribution in [0.1, 0.15) is 61.0 Å². The molecule has 2 aliphatic heterocycles. The number of benzene rings is 1. The summed E-state index contributed by atoms with van der Waals surface area (Å²) in [6.45, 7) is 10.0. The summed E-state index contributed by atoms with van der Waals surface area (Å²) >= 11 is 0. The van der Waals surface area contributed by atoms with Gasteiger partial charge in [0.2, 0.25) is 0 Å². The predicted molar refractivity (Wildman–Crippen MR) is 134 cm³/mol. The van der Waals surface area contributed by atoms with E-state index in [9.17, 15) is 9.59 Å². The summed E-state index contributed by atoms with van der Waals surface area (Å²) in [7, 11) is 0. The van der Waals surface area contributed by atoms with Gasteiger partial charge in [0.05, 0.1) is 28.7 Å². The molecule has 2 aromatic heterocycles. The Kier molecular flexibility index (Phi) is 6.70. The number of carbonyl (C=O) groups is 1. The number of nitrogens with zero attached hydrogens (tertiary/aromatic N) is 4. The smallest absolute Gasteiger partial charge is 0.259 e. The number of hydrogen-bond donors (Lipinski definition) is 1. The van der Waals surface area contributed by atoms with Crippen LogP contribution in [0.4, 0.5) is 0 Å². The molecule has 1 amide bonds. The van der Waals surface area contributed by atoms with E-state index in [0.717, 1.165) is 67.5 Å². The fourth-order valence-corrected chi connectivity index (χ4v) is 5.36. The third kappa shape index (κ3) is 4.36. The summed E-state index contributed by atoms with van der Waals surface area (Å²) in [4.78, 5) is 33.8. The van der Waals surface area contributed by atoms with Crippen molar-refractivity contribution in [2.24, 2.45) is 0 Å². The molecule has 2 fully saturated rings. The SMILES string of the molecule is CCCCCN1CCN(C(=O)c2cc3c(cc2C)[nH]c(=O)c2cnn(C4CCOCC4)c23)CC1. The first-order valence-corrected chi connectivity index (χ1v) is 12.7. The molecule has 0 atom stereocenters. The number of unbranched alkanes of at least 4 members (excludes halogenated alkanes) is 2. The van der Waals surface area contributed by atoms with Gasteiger partial charge in [-0.15, -0.1) is 0 Å². The Morgan fingerprint density at radius 2 is 1.88 bits per heavy atom. The topological polar surface area (TPSA) is 83.5 Å². The van der Waals surface area contributed by atoms with Gasteiger partial charge in [0.25, 0.3) is 11.5 Å². The van der Waals surface area contributed by atoms with Gasteiger partial charge in [-0.05, 0) is 50.4 Å². The fraction of sp³-hybridized carbons (Fsp3) is 0.577. The standard InChI is InChI=1S/C26H35N5O3/c1-3-4-5-8-29-9-11-30(12-10-29)26(33)20-16-21-23(15-18(20)2)28-25(32)22-17-27-31(24(21)22)19-6-13-34-14-7-19/h15-17,19H,3-14H2,1-2H3,(H,28,32). The lowest BCUT2D eigenvalue weighted by Gasteiger charge is -2.35. The Labute approximate surface area is 199 Å². The largest absolute Gasteiger partial charge is 0.381 e. The maximum Gasteiger partial charge on any atom is 0.259 e. The Hall–Kier alpha value is -2.71. The first kappa shape index (κ1) is 23.1. The van der Waals surface area contributed by atoms with Crippen molar-refractivity contribution >= 4 is 27.7 Å². The second kappa shape index (κ2) is 9.88. The van der Waals surface area contributed by atoms with E-state index in [2.05, 4.69) is 21.9 Å². The molecule has 8 heteroatoms. The lowest BCUT2D eigenvalue weighted by atomic mass is 10.0. The van der Waals surface area contributed by atoms with Gasteiger partial charge in [0, 0.05) is 50.3 Å². The number of nitrogens with one attached hydrogen (secondary N) is 1. The van der Waals surface area contributed by atoms with Crippen LogP contribution in [-0.2, 0) is 4.74 Å². The van der Waals surface area contributed by atoms with Gasteiger partial charge in [-0.3, -0.25) is 19.2 Å². The molecule has 1 N–H and O–H groups in total. The number of piperazine rings is 1. The number of fused-ring (bicyclic) bond motifs is 3. The normalized spacial score (nSPS) is 18.2. The number of aromatic nitrogens is 3. The van der Waals surface area contributed by atoms with E-state index >= 15 is 0 Å². The van der Waals surface area contributed by atoms with Crippen LogP contribution in [0.5, 0.6) is 0 Å². The molecule has 0 bridgehead atoms. The molecule has 182 valence electrons. The molecular formula is C26H35N5O3. The highest BCUT2D eigenvalue weighted by Gasteiger charge is 2.25. The Bertz CT molecular complexity index is 1230. The highest BCUT2D eigenvalue weighted by molar-refractivity contribution is 6.07. The van der Waals surface area contributed by atoms with Crippen molar-refractivity contribution in [2.75, 3.05) is 45.9 Å². The van der Waals surface area contributed by atoms with Crippen LogP contribution in [0.2, 0.25) is 0 Å². The molecule has 4 heterocycles. The van der Waals surface area contributed by atoms with Crippen LogP contribution in [-0.4, -0.2) is 76.4 Å². The van der Waals surface area contributed by atoms with Crippen LogP contribution in [0.25, 0.3) is 21.8 Å². The summed E-state index contributed by atoms with van der Waals surface area (Å²) in [5.74, 6) is 0.0732. The molecule has 0 saturated carbocycles. The molecule has 0 unspecified atom stereocenters. The highest BCUT2D eigenvalue weighted by Crippen LogP contribution is 2.30. The van der Waals surface area contributed by atoms with Gasteiger partial charge in [-0.1, -0.05) is 19.8 Å². The summed E-state index contributed by atoms with van der Waals surface area (Å²) in [5.41, 5.74) is 3.02. The molecule has 0 radical (unpaired) electrons. The molecule has 3 aromatic rings. The lowest BCUT2D eigenvalue weighted by Crippen LogP contribution is -2.49. The summed E-state index contributed by atoms with van der Waals surface area (Å²) < 4.78 is 7.51. The highest BCUT2D eigenvalue weighted by atomic mass is 16.5. The van der Waals surface area contributed by atoms with E-state index < -0.39 is 0 Å². The zero-order valence-electron chi connectivity index (χ0n) is 20.3. The molecule has 0 aliphatic carbocycles. The van der Waals surface area contributed by atoms with Gasteiger partial charge in [-0.25, -0.2) is 0 Å². The molecular weight excluding hydrogens is 430 g/mol. The zero-order valence-corrected chi connectivity index (χ0v) is 20.3. The van der Waals surface area contributed by atoms with Crippen LogP contribution < -0.4 is 5.56 Å². The number of ether oxygens (including phenoxy) is 1. The number of carbonyl (C=O) groups excluding carboxylic acids is 1. The minimum atomic E-state index is -0.140. The first-order valence-electron chi connectivity index (χ1n) is 12.7. The van der Waals surface area contributed by atoms with Gasteiger partial charge in [-0.2, -0.15) is 5.10 Å². The zero-order chi connectivity index (χ0) is 23.7. The molecule has 5 rings (SSSR count).